The second-order valence-corrected chi connectivity index (χ2v) is 4.54. The summed E-state index contributed by atoms with van der Waals surface area (Å²) in [4.78, 5) is 15.1. The number of carbonyl (C=O) groups excluding carboxylic acids is 1. The van der Waals surface area contributed by atoms with Gasteiger partial charge in [0.15, 0.2) is 0 Å². The van der Waals surface area contributed by atoms with Gasteiger partial charge in [0.05, 0.1) is 12.7 Å². The van der Waals surface area contributed by atoms with E-state index in [0.717, 1.165) is 5.56 Å². The molecule has 4 nitrogen and oxygen atoms in total. The average molecular weight is 269 g/mol. The van der Waals surface area contributed by atoms with E-state index in [1.165, 1.54) is 11.3 Å². The van der Waals surface area contributed by atoms with Crippen molar-refractivity contribution in [3.63, 3.8) is 0 Å². The number of hydrogen-bond acceptors (Lipinski definition) is 4. The summed E-state index contributed by atoms with van der Waals surface area (Å²) >= 11 is 7.24. The molecule has 2 N–H and O–H groups in total. The maximum absolute atomic E-state index is 11.0. The number of primary amides is 1. The summed E-state index contributed by atoms with van der Waals surface area (Å²) in [5.74, 6) is 0.105. The molecule has 1 amide bonds. The molecule has 17 heavy (non-hydrogen) atoms. The number of hydrogen-bond donors (Lipinski definition) is 1. The van der Waals surface area contributed by atoms with Crippen LogP contribution >= 0.6 is 22.9 Å². The summed E-state index contributed by atoms with van der Waals surface area (Å²) in [6.45, 7) is 0. The number of aromatic nitrogens is 1. The van der Waals surface area contributed by atoms with Crippen LogP contribution in [0.3, 0.4) is 0 Å². The van der Waals surface area contributed by atoms with Gasteiger partial charge in [-0.1, -0.05) is 11.6 Å². The Morgan fingerprint density at radius 1 is 1.53 bits per heavy atom. The third-order valence-electron chi connectivity index (χ3n) is 2.15. The van der Waals surface area contributed by atoms with E-state index in [9.17, 15) is 4.79 Å². The van der Waals surface area contributed by atoms with Crippen LogP contribution in [0.5, 0.6) is 5.75 Å². The molecule has 0 bridgehead atoms. The Kier molecular flexibility index (Phi) is 3.31. The molecule has 0 aliphatic carbocycles. The lowest BCUT2D eigenvalue weighted by atomic mass is 10.2. The van der Waals surface area contributed by atoms with Gasteiger partial charge in [-0.2, -0.15) is 0 Å². The molecule has 0 aliphatic rings. The first kappa shape index (κ1) is 11.9. The van der Waals surface area contributed by atoms with Gasteiger partial charge < -0.3 is 10.5 Å². The Hall–Kier alpha value is -1.59. The van der Waals surface area contributed by atoms with Crippen LogP contribution in [-0.2, 0) is 0 Å². The highest BCUT2D eigenvalue weighted by atomic mass is 35.5. The largest absolute Gasteiger partial charge is 0.496 e. The molecule has 6 heteroatoms. The maximum atomic E-state index is 11.0. The number of ether oxygens (including phenoxy) is 1. The average Bonchev–Trinajstić information content (AvgIpc) is 2.78. The van der Waals surface area contributed by atoms with Gasteiger partial charge >= 0.3 is 0 Å². The summed E-state index contributed by atoms with van der Waals surface area (Å²) in [6, 6.07) is 5.22. The predicted molar refractivity (Wildman–Crippen MR) is 67.6 cm³/mol. The molecule has 0 saturated carbocycles. The molecule has 1 heterocycles. The van der Waals surface area contributed by atoms with Gasteiger partial charge in [0.25, 0.3) is 5.91 Å². The number of halogens is 1. The number of carbonyl (C=O) groups is 1. The molecule has 0 fully saturated rings. The van der Waals surface area contributed by atoms with Crippen molar-refractivity contribution in [1.29, 1.82) is 0 Å². The van der Waals surface area contributed by atoms with Gasteiger partial charge in [0.2, 0.25) is 0 Å². The molecule has 1 aromatic carbocycles. The van der Waals surface area contributed by atoms with Gasteiger partial charge in [-0.15, -0.1) is 11.3 Å². The molecule has 1 aromatic heterocycles. The van der Waals surface area contributed by atoms with Crippen molar-refractivity contribution in [2.45, 2.75) is 0 Å². The van der Waals surface area contributed by atoms with Gasteiger partial charge in [-0.05, 0) is 18.2 Å². The summed E-state index contributed by atoms with van der Waals surface area (Å²) < 4.78 is 5.22. The maximum Gasteiger partial charge on any atom is 0.268 e. The number of methoxy groups -OCH3 is 1. The Labute approximate surface area is 107 Å². The van der Waals surface area contributed by atoms with Crippen molar-refractivity contribution in [3.8, 4) is 16.3 Å². The van der Waals surface area contributed by atoms with E-state index in [-0.39, 0.29) is 5.69 Å². The topological polar surface area (TPSA) is 65.2 Å². The van der Waals surface area contributed by atoms with E-state index in [1.807, 2.05) is 0 Å². The van der Waals surface area contributed by atoms with Gasteiger partial charge in [0.1, 0.15) is 16.5 Å². The molecule has 0 saturated heterocycles. The fraction of sp³-hybridized carbons (Fsp3) is 0.0909. The minimum absolute atomic E-state index is 0.243. The van der Waals surface area contributed by atoms with Crippen LogP contribution in [0.4, 0.5) is 0 Å². The summed E-state index contributed by atoms with van der Waals surface area (Å²) in [5, 5.41) is 2.84. The minimum atomic E-state index is -0.548. The Balaban J connectivity index is 2.51. The lowest BCUT2D eigenvalue weighted by molar-refractivity contribution is 0.0996. The molecule has 0 radical (unpaired) electrons. The van der Waals surface area contributed by atoms with Crippen molar-refractivity contribution in [3.05, 3.63) is 34.3 Å². The molecule has 2 rings (SSSR count). The predicted octanol–water partition coefficient (Wildman–Crippen LogP) is 2.57. The van der Waals surface area contributed by atoms with E-state index >= 15 is 0 Å². The van der Waals surface area contributed by atoms with Gasteiger partial charge in [-0.3, -0.25) is 4.79 Å². The zero-order valence-electron chi connectivity index (χ0n) is 8.94. The molecule has 0 atom stereocenters. The van der Waals surface area contributed by atoms with Crippen molar-refractivity contribution >= 4 is 28.8 Å². The minimum Gasteiger partial charge on any atom is -0.496 e. The zero-order valence-corrected chi connectivity index (χ0v) is 10.5. The standard InChI is InChI=1S/C11H9ClN2O2S/c1-16-9-3-2-6(12)4-7(9)11-14-8(5-17-11)10(13)15/h2-5H,1H3,(H2,13,15). The van der Waals surface area contributed by atoms with Crippen molar-refractivity contribution in [2.75, 3.05) is 7.11 Å². The Morgan fingerprint density at radius 2 is 2.29 bits per heavy atom. The van der Waals surface area contributed by atoms with Crippen LogP contribution in [0.2, 0.25) is 5.02 Å². The van der Waals surface area contributed by atoms with Gasteiger partial charge in [0, 0.05) is 10.4 Å². The smallest absolute Gasteiger partial charge is 0.268 e. The highest BCUT2D eigenvalue weighted by Gasteiger charge is 2.13. The molecular weight excluding hydrogens is 260 g/mol. The van der Waals surface area contributed by atoms with E-state index in [0.29, 0.717) is 15.8 Å². The highest BCUT2D eigenvalue weighted by molar-refractivity contribution is 7.13. The second kappa shape index (κ2) is 4.73. The quantitative estimate of drug-likeness (QED) is 0.930. The fourth-order valence-electron chi connectivity index (χ4n) is 1.36. The molecule has 0 spiro atoms. The first-order valence-electron chi connectivity index (χ1n) is 4.71. The first-order valence-corrected chi connectivity index (χ1v) is 5.97. The van der Waals surface area contributed by atoms with E-state index < -0.39 is 5.91 Å². The molecular formula is C11H9ClN2O2S. The summed E-state index contributed by atoms with van der Waals surface area (Å²) in [6.07, 6.45) is 0. The molecule has 88 valence electrons. The highest BCUT2D eigenvalue weighted by Crippen LogP contribution is 2.34. The molecule has 2 aromatic rings. The van der Waals surface area contributed by atoms with Crippen molar-refractivity contribution in [1.82, 2.24) is 4.98 Å². The second-order valence-electron chi connectivity index (χ2n) is 3.25. The van der Waals surface area contributed by atoms with Crippen LogP contribution in [0.1, 0.15) is 10.5 Å². The monoisotopic (exact) mass is 268 g/mol. The summed E-state index contributed by atoms with van der Waals surface area (Å²) in [7, 11) is 1.56. The normalized spacial score (nSPS) is 10.2. The number of benzene rings is 1. The van der Waals surface area contributed by atoms with Crippen LogP contribution in [0, 0.1) is 0 Å². The van der Waals surface area contributed by atoms with Crippen molar-refractivity contribution < 1.29 is 9.53 Å². The van der Waals surface area contributed by atoms with Crippen LogP contribution in [-0.4, -0.2) is 18.0 Å². The Morgan fingerprint density at radius 3 is 2.88 bits per heavy atom. The lowest BCUT2D eigenvalue weighted by Gasteiger charge is -2.05. The zero-order chi connectivity index (χ0) is 12.4. The lowest BCUT2D eigenvalue weighted by Crippen LogP contribution is -2.10. The molecule has 0 unspecified atom stereocenters. The number of nitrogens with zero attached hydrogens (tertiary/aromatic N) is 1. The van der Waals surface area contributed by atoms with Crippen LogP contribution in [0.15, 0.2) is 23.6 Å². The number of amides is 1. The SMILES string of the molecule is COc1ccc(Cl)cc1-c1nc(C(N)=O)cs1. The first-order chi connectivity index (χ1) is 8.11. The number of thiazole rings is 1. The van der Waals surface area contributed by atoms with Gasteiger partial charge in [-0.25, -0.2) is 4.98 Å². The third kappa shape index (κ3) is 2.40. The van der Waals surface area contributed by atoms with E-state index in [2.05, 4.69) is 4.98 Å². The van der Waals surface area contributed by atoms with Crippen molar-refractivity contribution in [2.24, 2.45) is 5.73 Å². The third-order valence-corrected chi connectivity index (χ3v) is 3.26. The van der Waals surface area contributed by atoms with E-state index in [4.69, 9.17) is 22.1 Å². The van der Waals surface area contributed by atoms with Crippen LogP contribution < -0.4 is 10.5 Å². The number of rotatable bonds is 3. The number of nitrogens with two attached hydrogens (primary N) is 1. The fourth-order valence-corrected chi connectivity index (χ4v) is 2.36. The molecule has 0 aliphatic heterocycles. The van der Waals surface area contributed by atoms with E-state index in [1.54, 1.807) is 30.7 Å². The Bertz CT molecular complexity index is 568. The summed E-state index contributed by atoms with van der Waals surface area (Å²) in [5.41, 5.74) is 6.14. The van der Waals surface area contributed by atoms with Crippen LogP contribution in [0.25, 0.3) is 10.6 Å².